The normalized spacial score (nSPS) is 15.4. The third-order valence-electron chi connectivity index (χ3n) is 6.25. The third-order valence-corrected chi connectivity index (χ3v) is 6.25. The van der Waals surface area contributed by atoms with Crippen LogP contribution in [0.15, 0.2) is 82.9 Å². The number of carbonyl (C=O) groups is 1. The van der Waals surface area contributed by atoms with E-state index in [0.717, 1.165) is 30.8 Å². The van der Waals surface area contributed by atoms with E-state index in [-0.39, 0.29) is 34.3 Å². The second kappa shape index (κ2) is 11.0. The number of carbonyl (C=O) groups excluding carboxylic acids is 1. The Morgan fingerprint density at radius 3 is 1.91 bits per heavy atom. The molecule has 1 aliphatic heterocycles. The van der Waals surface area contributed by atoms with Crippen molar-refractivity contribution in [1.29, 1.82) is 0 Å². The minimum Gasteiger partial charge on any atom is -0.339 e. The van der Waals surface area contributed by atoms with Crippen molar-refractivity contribution >= 4 is 18.1 Å². The molecule has 1 aliphatic rings. The zero-order chi connectivity index (χ0) is 24.8. The van der Waals surface area contributed by atoms with Gasteiger partial charge in [0.2, 0.25) is 5.91 Å². The largest absolute Gasteiger partial charge is 0.339 e. The van der Waals surface area contributed by atoms with Crippen molar-refractivity contribution < 1.29 is 4.79 Å². The van der Waals surface area contributed by atoms with Crippen molar-refractivity contribution in [2.24, 2.45) is 7.05 Å². The summed E-state index contributed by atoms with van der Waals surface area (Å²) in [4.78, 5) is 44.4. The highest BCUT2D eigenvalue weighted by Gasteiger charge is 2.22. The molecular weight excluding hydrogens is 440 g/mol. The van der Waals surface area contributed by atoms with Gasteiger partial charge in [-0.25, -0.2) is 0 Å². The SMILES string of the molecule is C=CCN1CCN(C(=O)Cn2c(=O)/c(=C/c3ccccc3)n(C)c(=O)/c2=C/c2ccccc2)CC1. The molecule has 1 aromatic heterocycles. The fourth-order valence-electron chi connectivity index (χ4n) is 4.25. The fourth-order valence-corrected chi connectivity index (χ4v) is 4.25. The molecule has 7 nitrogen and oxygen atoms in total. The van der Waals surface area contributed by atoms with Crippen LogP contribution in [0.4, 0.5) is 0 Å². The summed E-state index contributed by atoms with van der Waals surface area (Å²) in [6, 6.07) is 18.7. The molecule has 2 aromatic carbocycles. The zero-order valence-corrected chi connectivity index (χ0v) is 20.0. The molecule has 0 radical (unpaired) electrons. The maximum Gasteiger partial charge on any atom is 0.275 e. The van der Waals surface area contributed by atoms with Gasteiger partial charge in [0.1, 0.15) is 17.2 Å². The van der Waals surface area contributed by atoms with Gasteiger partial charge in [0, 0.05) is 39.8 Å². The number of piperazine rings is 1. The van der Waals surface area contributed by atoms with Crippen LogP contribution in [0, 0.1) is 0 Å². The predicted molar refractivity (Wildman–Crippen MR) is 138 cm³/mol. The number of rotatable bonds is 6. The van der Waals surface area contributed by atoms with E-state index in [1.165, 1.54) is 9.13 Å². The highest BCUT2D eigenvalue weighted by Crippen LogP contribution is 2.03. The molecular formula is C28H30N4O3. The van der Waals surface area contributed by atoms with Crippen molar-refractivity contribution in [2.45, 2.75) is 6.54 Å². The van der Waals surface area contributed by atoms with Crippen LogP contribution in [0.25, 0.3) is 12.2 Å². The summed E-state index contributed by atoms with van der Waals surface area (Å²) in [5.41, 5.74) is 0.870. The first-order valence-electron chi connectivity index (χ1n) is 11.7. The van der Waals surface area contributed by atoms with Crippen molar-refractivity contribution in [3.8, 4) is 0 Å². The van der Waals surface area contributed by atoms with Gasteiger partial charge in [-0.05, 0) is 23.3 Å². The van der Waals surface area contributed by atoms with Gasteiger partial charge < -0.3 is 9.47 Å². The molecule has 0 unspecified atom stereocenters. The molecule has 0 aliphatic carbocycles. The second-order valence-electron chi connectivity index (χ2n) is 8.61. The molecule has 0 spiro atoms. The van der Waals surface area contributed by atoms with Crippen LogP contribution in [0.1, 0.15) is 11.1 Å². The van der Waals surface area contributed by atoms with E-state index in [9.17, 15) is 14.4 Å². The van der Waals surface area contributed by atoms with E-state index in [1.807, 2.05) is 66.7 Å². The summed E-state index contributed by atoms with van der Waals surface area (Å²) in [6.45, 7) is 7.02. The molecule has 1 fully saturated rings. The average molecular weight is 471 g/mol. The van der Waals surface area contributed by atoms with Crippen molar-refractivity contribution in [3.63, 3.8) is 0 Å². The van der Waals surface area contributed by atoms with Crippen LogP contribution in [0.5, 0.6) is 0 Å². The van der Waals surface area contributed by atoms with Gasteiger partial charge >= 0.3 is 0 Å². The Kier molecular flexibility index (Phi) is 7.57. The topological polar surface area (TPSA) is 67.5 Å². The molecule has 2 heterocycles. The minimum atomic E-state index is -0.378. The molecule has 35 heavy (non-hydrogen) atoms. The number of amides is 1. The van der Waals surface area contributed by atoms with Gasteiger partial charge in [-0.2, -0.15) is 0 Å². The lowest BCUT2D eigenvalue weighted by Gasteiger charge is -2.34. The summed E-state index contributed by atoms with van der Waals surface area (Å²) < 4.78 is 2.68. The quantitative estimate of drug-likeness (QED) is 0.493. The summed E-state index contributed by atoms with van der Waals surface area (Å²) >= 11 is 0. The van der Waals surface area contributed by atoms with Gasteiger partial charge in [0.15, 0.2) is 0 Å². The van der Waals surface area contributed by atoms with Crippen LogP contribution in [-0.2, 0) is 18.4 Å². The number of nitrogens with zero attached hydrogens (tertiary/aromatic N) is 4. The number of hydrogen-bond acceptors (Lipinski definition) is 4. The first-order valence-corrected chi connectivity index (χ1v) is 11.7. The smallest absolute Gasteiger partial charge is 0.275 e. The van der Waals surface area contributed by atoms with Gasteiger partial charge in [-0.1, -0.05) is 66.7 Å². The molecule has 0 saturated carbocycles. The molecule has 1 saturated heterocycles. The second-order valence-corrected chi connectivity index (χ2v) is 8.61. The Bertz CT molecular complexity index is 1430. The lowest BCUT2D eigenvalue weighted by molar-refractivity contribution is -0.133. The Balaban J connectivity index is 1.81. The third kappa shape index (κ3) is 5.58. The van der Waals surface area contributed by atoms with Gasteiger partial charge in [-0.15, -0.1) is 6.58 Å². The summed E-state index contributed by atoms with van der Waals surface area (Å²) in [5.74, 6) is -0.174. The van der Waals surface area contributed by atoms with Crippen molar-refractivity contribution in [3.05, 3.63) is 116 Å². The fraction of sp³-hybridized carbons (Fsp3) is 0.250. The lowest BCUT2D eigenvalue weighted by atomic mass is 10.2. The van der Waals surface area contributed by atoms with Crippen LogP contribution in [0.3, 0.4) is 0 Å². The van der Waals surface area contributed by atoms with Crippen LogP contribution >= 0.6 is 0 Å². The molecule has 3 aromatic rings. The Morgan fingerprint density at radius 1 is 0.829 bits per heavy atom. The van der Waals surface area contributed by atoms with E-state index in [2.05, 4.69) is 11.5 Å². The van der Waals surface area contributed by atoms with Crippen LogP contribution in [-0.4, -0.2) is 57.6 Å². The highest BCUT2D eigenvalue weighted by molar-refractivity contribution is 5.76. The first kappa shape index (κ1) is 24.2. The molecule has 0 bridgehead atoms. The summed E-state index contributed by atoms with van der Waals surface area (Å²) in [6.07, 6.45) is 5.21. The summed E-state index contributed by atoms with van der Waals surface area (Å²) in [7, 11) is 1.59. The average Bonchev–Trinajstić information content (AvgIpc) is 2.89. The molecule has 0 N–H and O–H groups in total. The number of hydrogen-bond donors (Lipinski definition) is 0. The maximum absolute atomic E-state index is 13.7. The number of aromatic nitrogens is 2. The lowest BCUT2D eigenvalue weighted by Crippen LogP contribution is -2.59. The predicted octanol–water partition coefficient (Wildman–Crippen LogP) is 0.535. The van der Waals surface area contributed by atoms with Crippen molar-refractivity contribution in [1.82, 2.24) is 18.9 Å². The Hall–Kier alpha value is -3.97. The van der Waals surface area contributed by atoms with Crippen LogP contribution in [0.2, 0.25) is 0 Å². The van der Waals surface area contributed by atoms with E-state index in [0.29, 0.717) is 13.1 Å². The molecule has 7 heteroatoms. The Labute approximate surface area is 204 Å². The number of benzene rings is 2. The first-order chi connectivity index (χ1) is 17.0. The summed E-state index contributed by atoms with van der Waals surface area (Å²) in [5, 5.41) is 0.419. The molecule has 1 amide bonds. The van der Waals surface area contributed by atoms with E-state index >= 15 is 0 Å². The minimum absolute atomic E-state index is 0.174. The van der Waals surface area contributed by atoms with Gasteiger partial charge in [0.05, 0.1) is 0 Å². The van der Waals surface area contributed by atoms with E-state index < -0.39 is 0 Å². The van der Waals surface area contributed by atoms with Crippen molar-refractivity contribution in [2.75, 3.05) is 32.7 Å². The molecule has 4 rings (SSSR count). The van der Waals surface area contributed by atoms with E-state index in [1.54, 1.807) is 24.1 Å². The van der Waals surface area contributed by atoms with Crippen LogP contribution < -0.4 is 21.8 Å². The molecule has 0 atom stereocenters. The maximum atomic E-state index is 13.7. The monoisotopic (exact) mass is 470 g/mol. The standard InChI is InChI=1S/C28H30N4O3/c1-3-14-30-15-17-31(18-16-30)26(33)21-32-25(20-23-12-8-5-9-13-23)27(34)29(2)24(28(32)35)19-22-10-6-4-7-11-22/h3-13,19-20H,1,14-18,21H2,2H3/b24-19-,25-20-. The zero-order valence-electron chi connectivity index (χ0n) is 20.0. The van der Waals surface area contributed by atoms with Gasteiger partial charge in [-0.3, -0.25) is 23.9 Å². The Morgan fingerprint density at radius 2 is 1.37 bits per heavy atom. The highest BCUT2D eigenvalue weighted by atomic mass is 16.2. The van der Waals surface area contributed by atoms with Gasteiger partial charge in [0.25, 0.3) is 11.1 Å². The molecule has 180 valence electrons. The van der Waals surface area contributed by atoms with E-state index in [4.69, 9.17) is 0 Å².